The van der Waals surface area contributed by atoms with Crippen molar-refractivity contribution < 1.29 is 24.2 Å². The Balaban J connectivity index is 1.18. The number of ether oxygens (including phenoxy) is 1. The normalized spacial score (nSPS) is 25.1. The number of amides is 2. The van der Waals surface area contributed by atoms with E-state index in [1.165, 1.54) is 16.0 Å². The Bertz CT molecular complexity index is 1150. The van der Waals surface area contributed by atoms with Gasteiger partial charge in [-0.05, 0) is 54.9 Å². The average Bonchev–Trinajstić information content (AvgIpc) is 3.45. The molecule has 2 aromatic rings. The summed E-state index contributed by atoms with van der Waals surface area (Å²) in [6, 6.07) is 16.0. The molecule has 1 saturated heterocycles. The zero-order chi connectivity index (χ0) is 24.6. The number of fused-ring (bicyclic) bond motifs is 3. The number of rotatable bonds is 5. The van der Waals surface area contributed by atoms with Crippen LogP contribution in [0.1, 0.15) is 49.7 Å². The van der Waals surface area contributed by atoms with E-state index in [0.29, 0.717) is 19.4 Å². The molecule has 1 aliphatic heterocycles. The van der Waals surface area contributed by atoms with Crippen LogP contribution in [0.15, 0.2) is 60.7 Å². The first-order valence-electron chi connectivity index (χ1n) is 12.2. The van der Waals surface area contributed by atoms with E-state index in [2.05, 4.69) is 29.6 Å². The molecule has 7 nitrogen and oxygen atoms in total. The molecule has 7 heteroatoms. The number of carbonyl (C=O) groups excluding carboxylic acids is 2. The molecule has 35 heavy (non-hydrogen) atoms. The molecule has 1 fully saturated rings. The number of hydrogen-bond acceptors (Lipinski definition) is 4. The molecular weight excluding hydrogens is 444 g/mol. The van der Waals surface area contributed by atoms with Gasteiger partial charge in [-0.1, -0.05) is 60.7 Å². The van der Waals surface area contributed by atoms with Crippen LogP contribution in [0, 0.1) is 5.92 Å². The second-order valence-corrected chi connectivity index (χ2v) is 9.83. The van der Waals surface area contributed by atoms with Crippen LogP contribution in [0.2, 0.25) is 0 Å². The lowest BCUT2D eigenvalue weighted by molar-refractivity contribution is -0.162. The number of likely N-dealkylation sites (tertiary alicyclic amines) is 1. The molecular formula is C28H30N2O5. The maximum Gasteiger partial charge on any atom is 0.407 e. The molecule has 3 unspecified atom stereocenters. The first-order chi connectivity index (χ1) is 16.9. The third-order valence-electron chi connectivity index (χ3n) is 7.67. The van der Waals surface area contributed by atoms with Crippen molar-refractivity contribution >= 4 is 18.0 Å². The third kappa shape index (κ3) is 4.20. The lowest BCUT2D eigenvalue weighted by Gasteiger charge is -2.42. The average molecular weight is 475 g/mol. The smallest absolute Gasteiger partial charge is 0.407 e. The number of nitrogens with zero attached hydrogens (tertiary/aromatic N) is 1. The second kappa shape index (κ2) is 9.21. The number of aliphatic carboxylic acids is 1. The first kappa shape index (κ1) is 23.1. The van der Waals surface area contributed by atoms with Crippen LogP contribution in [0.3, 0.4) is 0 Å². The summed E-state index contributed by atoms with van der Waals surface area (Å²) >= 11 is 0. The molecule has 1 heterocycles. The van der Waals surface area contributed by atoms with Crippen molar-refractivity contribution in [2.45, 2.75) is 50.1 Å². The van der Waals surface area contributed by atoms with Gasteiger partial charge >= 0.3 is 12.1 Å². The fourth-order valence-electron chi connectivity index (χ4n) is 5.68. The van der Waals surface area contributed by atoms with Crippen LogP contribution in [0.5, 0.6) is 0 Å². The van der Waals surface area contributed by atoms with E-state index in [4.69, 9.17) is 4.74 Å². The topological polar surface area (TPSA) is 95.9 Å². The van der Waals surface area contributed by atoms with E-state index >= 15 is 0 Å². The predicted octanol–water partition coefficient (Wildman–Crippen LogP) is 4.33. The highest BCUT2D eigenvalue weighted by atomic mass is 16.5. The maximum atomic E-state index is 13.2. The minimum absolute atomic E-state index is 0.0191. The molecule has 0 aromatic heterocycles. The van der Waals surface area contributed by atoms with Gasteiger partial charge in [-0.15, -0.1) is 0 Å². The number of carboxylic acid groups (broad SMARTS) is 1. The molecule has 3 aliphatic rings. The molecule has 182 valence electrons. The molecule has 5 rings (SSSR count). The summed E-state index contributed by atoms with van der Waals surface area (Å²) in [5.74, 6) is -1.64. The molecule has 0 bridgehead atoms. The van der Waals surface area contributed by atoms with E-state index in [-0.39, 0.29) is 24.5 Å². The summed E-state index contributed by atoms with van der Waals surface area (Å²) in [5.41, 5.74) is 3.46. The molecule has 2 N–H and O–H groups in total. The van der Waals surface area contributed by atoms with Crippen molar-refractivity contribution in [1.29, 1.82) is 0 Å². The van der Waals surface area contributed by atoms with Crippen LogP contribution >= 0.6 is 0 Å². The highest BCUT2D eigenvalue weighted by Gasteiger charge is 2.46. The van der Waals surface area contributed by atoms with Crippen molar-refractivity contribution in [3.63, 3.8) is 0 Å². The SMILES string of the molecule is CC1(C(=O)O)CCCCN1C(=O)C1C=CC(NC(=O)OCC2c3ccccc3-c3ccccc32)C1. The third-order valence-corrected chi connectivity index (χ3v) is 7.67. The van der Waals surface area contributed by atoms with Gasteiger partial charge in [-0.3, -0.25) is 4.79 Å². The van der Waals surface area contributed by atoms with Crippen molar-refractivity contribution in [2.24, 2.45) is 5.92 Å². The minimum atomic E-state index is -1.18. The molecule has 3 atom stereocenters. The quantitative estimate of drug-likeness (QED) is 0.629. The van der Waals surface area contributed by atoms with Gasteiger partial charge in [-0.25, -0.2) is 9.59 Å². The zero-order valence-corrected chi connectivity index (χ0v) is 19.8. The second-order valence-electron chi connectivity index (χ2n) is 9.83. The van der Waals surface area contributed by atoms with Gasteiger partial charge in [0.2, 0.25) is 5.91 Å². The summed E-state index contributed by atoms with van der Waals surface area (Å²) < 4.78 is 5.62. The van der Waals surface area contributed by atoms with Gasteiger partial charge in [0.05, 0.1) is 12.0 Å². The van der Waals surface area contributed by atoms with Crippen LogP contribution in [0.4, 0.5) is 4.79 Å². The Morgan fingerprint density at radius 3 is 2.34 bits per heavy atom. The van der Waals surface area contributed by atoms with Crippen molar-refractivity contribution in [3.8, 4) is 11.1 Å². The highest BCUT2D eigenvalue weighted by Crippen LogP contribution is 2.44. The van der Waals surface area contributed by atoms with Gasteiger partial charge in [-0.2, -0.15) is 0 Å². The number of nitrogens with one attached hydrogen (secondary N) is 1. The molecule has 2 aliphatic carbocycles. The van der Waals surface area contributed by atoms with Gasteiger partial charge < -0.3 is 20.1 Å². The lowest BCUT2D eigenvalue weighted by atomic mass is 9.87. The van der Waals surface area contributed by atoms with Crippen LogP contribution in [0.25, 0.3) is 11.1 Å². The Morgan fingerprint density at radius 2 is 1.69 bits per heavy atom. The number of alkyl carbamates (subject to hydrolysis) is 1. The van der Waals surface area contributed by atoms with E-state index in [0.717, 1.165) is 24.0 Å². The fourth-order valence-corrected chi connectivity index (χ4v) is 5.68. The Morgan fingerprint density at radius 1 is 1.03 bits per heavy atom. The van der Waals surface area contributed by atoms with E-state index in [1.54, 1.807) is 19.1 Å². The van der Waals surface area contributed by atoms with Crippen molar-refractivity contribution in [2.75, 3.05) is 13.2 Å². The van der Waals surface area contributed by atoms with E-state index < -0.39 is 23.5 Å². The highest BCUT2D eigenvalue weighted by molar-refractivity contribution is 5.89. The maximum absolute atomic E-state index is 13.2. The minimum Gasteiger partial charge on any atom is -0.480 e. The Labute approximate surface area is 204 Å². The number of carbonyl (C=O) groups is 3. The Hall–Kier alpha value is -3.61. The fraction of sp³-hybridized carbons (Fsp3) is 0.393. The van der Waals surface area contributed by atoms with Gasteiger partial charge in [0, 0.05) is 12.5 Å². The molecule has 0 spiro atoms. The van der Waals surface area contributed by atoms with Gasteiger partial charge in [0.15, 0.2) is 0 Å². The van der Waals surface area contributed by atoms with Crippen molar-refractivity contribution in [1.82, 2.24) is 10.2 Å². The number of piperidine rings is 1. The summed E-state index contributed by atoms with van der Waals surface area (Å²) in [5, 5.41) is 12.6. The van der Waals surface area contributed by atoms with E-state index in [1.807, 2.05) is 24.3 Å². The zero-order valence-electron chi connectivity index (χ0n) is 19.8. The number of hydrogen-bond donors (Lipinski definition) is 2. The predicted molar refractivity (Wildman–Crippen MR) is 131 cm³/mol. The summed E-state index contributed by atoms with van der Waals surface area (Å²) in [6.45, 7) is 2.29. The number of benzene rings is 2. The van der Waals surface area contributed by atoms with Gasteiger partial charge in [0.25, 0.3) is 0 Å². The van der Waals surface area contributed by atoms with Crippen molar-refractivity contribution in [3.05, 3.63) is 71.8 Å². The summed E-state index contributed by atoms with van der Waals surface area (Å²) in [4.78, 5) is 39.1. The summed E-state index contributed by atoms with van der Waals surface area (Å²) in [6.07, 6.45) is 5.48. The molecule has 0 saturated carbocycles. The van der Waals surface area contributed by atoms with E-state index in [9.17, 15) is 19.5 Å². The molecule has 2 aromatic carbocycles. The van der Waals surface area contributed by atoms with Crippen LogP contribution in [-0.2, 0) is 14.3 Å². The monoisotopic (exact) mass is 474 g/mol. The standard InChI is InChI=1S/C28H30N2O5/c1-28(26(32)33)14-6-7-15-30(28)25(31)18-12-13-19(16-18)29-27(34)35-17-24-22-10-4-2-8-20(22)21-9-3-5-11-23(21)24/h2-5,8-13,18-19,24H,6-7,14-17H2,1H3,(H,29,34)(H,32,33). The molecule has 2 amide bonds. The lowest BCUT2D eigenvalue weighted by Crippen LogP contribution is -2.58. The number of carboxylic acids is 1. The molecule has 0 radical (unpaired) electrons. The van der Waals surface area contributed by atoms with Gasteiger partial charge in [0.1, 0.15) is 12.1 Å². The largest absolute Gasteiger partial charge is 0.480 e. The van der Waals surface area contributed by atoms with Crippen LogP contribution in [-0.4, -0.2) is 52.7 Å². The summed E-state index contributed by atoms with van der Waals surface area (Å²) in [7, 11) is 0. The van der Waals surface area contributed by atoms with Crippen LogP contribution < -0.4 is 5.32 Å². The Kier molecular flexibility index (Phi) is 6.09. The first-order valence-corrected chi connectivity index (χ1v) is 12.2.